The van der Waals surface area contributed by atoms with Gasteiger partial charge in [-0.05, 0) is 12.1 Å². The van der Waals surface area contributed by atoms with Gasteiger partial charge in [-0.1, -0.05) is 6.07 Å². The Kier molecular flexibility index (Phi) is 3.98. The second-order valence-corrected chi connectivity index (χ2v) is 4.41. The molecule has 4 heteroatoms. The summed E-state index contributed by atoms with van der Waals surface area (Å²) in [4.78, 5) is 13.2. The van der Waals surface area contributed by atoms with Crippen LogP contribution in [0.4, 0.5) is 5.69 Å². The average Bonchev–Trinajstić information content (AvgIpc) is 2.82. The largest absolute Gasteiger partial charge is 0.497 e. The fourth-order valence-corrected chi connectivity index (χ4v) is 2.18. The van der Waals surface area contributed by atoms with Gasteiger partial charge in [0.25, 0.3) is 5.91 Å². The van der Waals surface area contributed by atoms with Crippen LogP contribution >= 0.6 is 0 Å². The summed E-state index contributed by atoms with van der Waals surface area (Å²) in [6, 6.07) is 7.44. The summed E-state index contributed by atoms with van der Waals surface area (Å²) in [5, 5.41) is 2.90. The van der Waals surface area contributed by atoms with Crippen molar-refractivity contribution in [3.05, 3.63) is 24.3 Å². The SMILES string of the molecule is COc1cccc(NC(=O)C[NH+]2CCCC2)c1. The van der Waals surface area contributed by atoms with Crippen LogP contribution in [0.25, 0.3) is 0 Å². The molecule has 1 aromatic rings. The lowest BCUT2D eigenvalue weighted by molar-refractivity contribution is -0.878. The number of carbonyl (C=O) groups excluding carboxylic acids is 1. The van der Waals surface area contributed by atoms with Crippen molar-refractivity contribution in [2.24, 2.45) is 0 Å². The van der Waals surface area contributed by atoms with Crippen LogP contribution in [-0.4, -0.2) is 32.7 Å². The van der Waals surface area contributed by atoms with E-state index in [2.05, 4.69) is 5.32 Å². The second kappa shape index (κ2) is 5.68. The van der Waals surface area contributed by atoms with Crippen molar-refractivity contribution < 1.29 is 14.4 Å². The third-order valence-corrected chi connectivity index (χ3v) is 3.07. The number of quaternary nitrogens is 1. The maximum Gasteiger partial charge on any atom is 0.279 e. The summed E-state index contributed by atoms with van der Waals surface area (Å²) >= 11 is 0. The third kappa shape index (κ3) is 3.46. The van der Waals surface area contributed by atoms with Crippen molar-refractivity contribution in [2.75, 3.05) is 32.1 Å². The van der Waals surface area contributed by atoms with Crippen molar-refractivity contribution in [1.82, 2.24) is 0 Å². The van der Waals surface area contributed by atoms with Crippen molar-refractivity contribution in [3.63, 3.8) is 0 Å². The van der Waals surface area contributed by atoms with Crippen LogP contribution in [0.2, 0.25) is 0 Å². The Morgan fingerprint density at radius 1 is 1.41 bits per heavy atom. The quantitative estimate of drug-likeness (QED) is 0.789. The number of amides is 1. The number of hydrogen-bond acceptors (Lipinski definition) is 2. The van der Waals surface area contributed by atoms with Gasteiger partial charge in [-0.25, -0.2) is 0 Å². The normalized spacial score (nSPS) is 15.8. The number of rotatable bonds is 4. The lowest BCUT2D eigenvalue weighted by atomic mass is 10.3. The molecule has 92 valence electrons. The number of ether oxygens (including phenoxy) is 1. The maximum absolute atomic E-state index is 11.8. The molecule has 1 aliphatic rings. The number of hydrogen-bond donors (Lipinski definition) is 2. The molecule has 0 aromatic heterocycles. The number of carbonyl (C=O) groups is 1. The summed E-state index contributed by atoms with van der Waals surface area (Å²) in [7, 11) is 1.62. The fourth-order valence-electron chi connectivity index (χ4n) is 2.18. The summed E-state index contributed by atoms with van der Waals surface area (Å²) in [6.45, 7) is 2.80. The van der Waals surface area contributed by atoms with E-state index in [1.165, 1.54) is 17.7 Å². The van der Waals surface area contributed by atoms with E-state index < -0.39 is 0 Å². The predicted molar refractivity (Wildman–Crippen MR) is 66.4 cm³/mol. The third-order valence-electron chi connectivity index (χ3n) is 3.07. The lowest BCUT2D eigenvalue weighted by Crippen LogP contribution is -3.11. The second-order valence-electron chi connectivity index (χ2n) is 4.41. The molecule has 1 saturated heterocycles. The van der Waals surface area contributed by atoms with Crippen LogP contribution in [0, 0.1) is 0 Å². The molecule has 1 aliphatic heterocycles. The molecule has 4 nitrogen and oxygen atoms in total. The number of likely N-dealkylation sites (tertiary alicyclic amines) is 1. The summed E-state index contributed by atoms with van der Waals surface area (Å²) in [5.74, 6) is 0.839. The van der Waals surface area contributed by atoms with E-state index in [0.717, 1.165) is 24.5 Å². The van der Waals surface area contributed by atoms with E-state index in [4.69, 9.17) is 4.74 Å². The zero-order valence-corrected chi connectivity index (χ0v) is 10.2. The molecule has 1 amide bonds. The molecule has 0 aliphatic carbocycles. The highest BCUT2D eigenvalue weighted by Crippen LogP contribution is 2.16. The van der Waals surface area contributed by atoms with Crippen LogP contribution in [0.15, 0.2) is 24.3 Å². The van der Waals surface area contributed by atoms with Crippen molar-refractivity contribution in [2.45, 2.75) is 12.8 Å². The Morgan fingerprint density at radius 3 is 2.88 bits per heavy atom. The molecule has 2 N–H and O–H groups in total. The highest BCUT2D eigenvalue weighted by atomic mass is 16.5. The fraction of sp³-hybridized carbons (Fsp3) is 0.462. The van der Waals surface area contributed by atoms with E-state index in [1.807, 2.05) is 24.3 Å². The van der Waals surface area contributed by atoms with Gasteiger partial charge in [0.15, 0.2) is 6.54 Å². The Labute approximate surface area is 102 Å². The lowest BCUT2D eigenvalue weighted by Gasteiger charge is -2.12. The van der Waals surface area contributed by atoms with Gasteiger partial charge in [0.2, 0.25) is 0 Å². The monoisotopic (exact) mass is 235 g/mol. The van der Waals surface area contributed by atoms with E-state index in [0.29, 0.717) is 6.54 Å². The number of anilines is 1. The van der Waals surface area contributed by atoms with Crippen molar-refractivity contribution in [3.8, 4) is 5.75 Å². The van der Waals surface area contributed by atoms with Gasteiger partial charge in [0.1, 0.15) is 5.75 Å². The minimum absolute atomic E-state index is 0.0788. The van der Waals surface area contributed by atoms with Gasteiger partial charge in [-0.3, -0.25) is 4.79 Å². The molecular weight excluding hydrogens is 216 g/mol. The molecule has 1 fully saturated rings. The zero-order chi connectivity index (χ0) is 12.1. The van der Waals surface area contributed by atoms with Crippen LogP contribution < -0.4 is 15.0 Å². The molecule has 0 unspecified atom stereocenters. The first-order valence-electron chi connectivity index (χ1n) is 6.05. The van der Waals surface area contributed by atoms with Crippen LogP contribution in [0.1, 0.15) is 12.8 Å². The Bertz CT molecular complexity index is 387. The Balaban J connectivity index is 1.88. The number of benzene rings is 1. The standard InChI is InChI=1S/C13H18N2O2/c1-17-12-6-4-5-11(9-12)14-13(16)10-15-7-2-3-8-15/h4-6,9H,2-3,7-8,10H2,1H3,(H,14,16)/p+1. The van der Waals surface area contributed by atoms with Gasteiger partial charge in [0.05, 0.1) is 20.2 Å². The van der Waals surface area contributed by atoms with Crippen molar-refractivity contribution >= 4 is 11.6 Å². The van der Waals surface area contributed by atoms with E-state index in [-0.39, 0.29) is 5.91 Å². The summed E-state index contributed by atoms with van der Waals surface area (Å²) < 4.78 is 5.11. The van der Waals surface area contributed by atoms with Gasteiger partial charge in [-0.15, -0.1) is 0 Å². The summed E-state index contributed by atoms with van der Waals surface area (Å²) in [5.41, 5.74) is 0.799. The molecule has 0 radical (unpaired) electrons. The van der Waals surface area contributed by atoms with Crippen LogP contribution in [-0.2, 0) is 4.79 Å². The molecule has 2 rings (SSSR count). The van der Waals surface area contributed by atoms with Crippen LogP contribution in [0.3, 0.4) is 0 Å². The average molecular weight is 235 g/mol. The number of methoxy groups -OCH3 is 1. The molecular formula is C13H19N2O2+. The molecule has 0 saturated carbocycles. The topological polar surface area (TPSA) is 42.8 Å². The molecule has 17 heavy (non-hydrogen) atoms. The molecule has 0 atom stereocenters. The van der Waals surface area contributed by atoms with E-state index in [1.54, 1.807) is 7.11 Å². The molecule has 1 aromatic carbocycles. The smallest absolute Gasteiger partial charge is 0.279 e. The highest BCUT2D eigenvalue weighted by molar-refractivity contribution is 5.91. The predicted octanol–water partition coefficient (Wildman–Crippen LogP) is 0.312. The molecule has 0 spiro atoms. The first-order chi connectivity index (χ1) is 8.28. The summed E-state index contributed by atoms with van der Waals surface area (Å²) in [6.07, 6.45) is 2.48. The first kappa shape index (κ1) is 11.9. The minimum atomic E-state index is 0.0788. The highest BCUT2D eigenvalue weighted by Gasteiger charge is 2.18. The zero-order valence-electron chi connectivity index (χ0n) is 10.2. The first-order valence-corrected chi connectivity index (χ1v) is 6.05. The number of nitrogens with one attached hydrogen (secondary N) is 2. The molecule has 0 bridgehead atoms. The maximum atomic E-state index is 11.8. The molecule has 1 heterocycles. The Morgan fingerprint density at radius 2 is 2.18 bits per heavy atom. The van der Waals surface area contributed by atoms with Gasteiger partial charge in [-0.2, -0.15) is 0 Å². The van der Waals surface area contributed by atoms with Gasteiger partial charge in [0, 0.05) is 24.6 Å². The minimum Gasteiger partial charge on any atom is -0.497 e. The van der Waals surface area contributed by atoms with Crippen molar-refractivity contribution in [1.29, 1.82) is 0 Å². The van der Waals surface area contributed by atoms with E-state index in [9.17, 15) is 4.79 Å². The van der Waals surface area contributed by atoms with Gasteiger partial charge < -0.3 is 15.0 Å². The Hall–Kier alpha value is -1.55. The van der Waals surface area contributed by atoms with Gasteiger partial charge >= 0.3 is 0 Å². The van der Waals surface area contributed by atoms with E-state index >= 15 is 0 Å². The van der Waals surface area contributed by atoms with Crippen LogP contribution in [0.5, 0.6) is 5.75 Å².